The van der Waals surface area contributed by atoms with Crippen molar-refractivity contribution in [3.05, 3.63) is 83.4 Å². The fourth-order valence-corrected chi connectivity index (χ4v) is 5.18. The van der Waals surface area contributed by atoms with Crippen LogP contribution in [0.25, 0.3) is 44.5 Å². The largest absolute Gasteiger partial charge is 0.463 e. The summed E-state index contributed by atoms with van der Waals surface area (Å²) in [5.74, 6) is -0.0935. The number of anilines is 1. The van der Waals surface area contributed by atoms with E-state index in [0.717, 1.165) is 10.6 Å². The minimum Gasteiger partial charge on any atom is -0.463 e. The molecule has 38 heavy (non-hydrogen) atoms. The number of hydrogen-bond acceptors (Lipinski definition) is 10. The minimum atomic E-state index is -1.04. The Balaban J connectivity index is 1.20. The summed E-state index contributed by atoms with van der Waals surface area (Å²) in [6.45, 7) is 1.51. The first-order chi connectivity index (χ1) is 18.5. The second kappa shape index (κ2) is 10.0. The van der Waals surface area contributed by atoms with Gasteiger partial charge in [-0.3, -0.25) is 10.1 Å². The standard InChI is InChI=1S/C27H18N4O5S2/c1-15(25(32)31-27-30-19(14-38-27)22-7-4-12-37-22)36-26(33)16-8-9-17-18(13-16)29-24(21-6-3-11-35-21)23(28-17)20-5-2-10-34-20/h2-15H,1H3,(H,30,31,32). The number of amides is 1. The van der Waals surface area contributed by atoms with E-state index in [0.29, 0.717) is 39.1 Å². The maximum absolute atomic E-state index is 12.9. The number of hydrogen-bond donors (Lipinski definition) is 1. The molecule has 0 spiro atoms. The molecule has 1 atom stereocenters. The van der Waals surface area contributed by atoms with Gasteiger partial charge in [0.25, 0.3) is 5.91 Å². The molecule has 6 aromatic rings. The molecule has 0 bridgehead atoms. The van der Waals surface area contributed by atoms with Crippen molar-refractivity contribution in [2.24, 2.45) is 0 Å². The van der Waals surface area contributed by atoms with Crippen LogP contribution < -0.4 is 5.32 Å². The van der Waals surface area contributed by atoms with Crippen LogP contribution >= 0.6 is 22.7 Å². The molecule has 1 aromatic carbocycles. The molecule has 1 N–H and O–H groups in total. The summed E-state index contributed by atoms with van der Waals surface area (Å²) < 4.78 is 16.5. The topological polar surface area (TPSA) is 120 Å². The van der Waals surface area contributed by atoms with Crippen LogP contribution in [0.15, 0.2) is 86.7 Å². The van der Waals surface area contributed by atoms with Crippen molar-refractivity contribution in [2.75, 3.05) is 5.32 Å². The van der Waals surface area contributed by atoms with Crippen molar-refractivity contribution in [2.45, 2.75) is 13.0 Å². The molecule has 1 unspecified atom stereocenters. The van der Waals surface area contributed by atoms with E-state index in [4.69, 9.17) is 23.5 Å². The second-order valence-electron chi connectivity index (χ2n) is 8.13. The lowest BCUT2D eigenvalue weighted by molar-refractivity contribution is -0.123. The number of rotatable bonds is 7. The maximum atomic E-state index is 12.9. The molecule has 9 nitrogen and oxygen atoms in total. The van der Waals surface area contributed by atoms with Crippen LogP contribution in [0.1, 0.15) is 17.3 Å². The zero-order chi connectivity index (χ0) is 26.1. The Bertz CT molecular complexity index is 1720. The number of benzene rings is 1. The van der Waals surface area contributed by atoms with E-state index in [1.165, 1.54) is 18.3 Å². The third kappa shape index (κ3) is 4.72. The van der Waals surface area contributed by atoms with Crippen LogP contribution in [0.4, 0.5) is 5.13 Å². The van der Waals surface area contributed by atoms with Gasteiger partial charge >= 0.3 is 5.97 Å². The van der Waals surface area contributed by atoms with Gasteiger partial charge in [0.15, 0.2) is 22.8 Å². The lowest BCUT2D eigenvalue weighted by atomic mass is 10.1. The number of carbonyl (C=O) groups excluding carboxylic acids is 2. The highest BCUT2D eigenvalue weighted by Crippen LogP contribution is 2.32. The predicted octanol–water partition coefficient (Wildman–Crippen LogP) is 6.52. The molecule has 0 fully saturated rings. The average Bonchev–Trinajstić information content (AvgIpc) is 3.75. The number of nitrogens with one attached hydrogen (secondary N) is 1. The van der Waals surface area contributed by atoms with E-state index in [-0.39, 0.29) is 5.56 Å². The first-order valence-electron chi connectivity index (χ1n) is 11.5. The number of ether oxygens (including phenoxy) is 1. The SMILES string of the molecule is CC(OC(=O)c1ccc2nc(-c3ccco3)c(-c3ccco3)nc2c1)C(=O)Nc1nc(-c2cccs2)cs1. The Kier molecular flexibility index (Phi) is 6.28. The predicted molar refractivity (Wildman–Crippen MR) is 144 cm³/mol. The molecule has 5 aromatic heterocycles. The summed E-state index contributed by atoms with van der Waals surface area (Å²) in [4.78, 5) is 40.4. The zero-order valence-electron chi connectivity index (χ0n) is 19.8. The van der Waals surface area contributed by atoms with Gasteiger partial charge in [-0.25, -0.2) is 19.7 Å². The third-order valence-electron chi connectivity index (χ3n) is 5.57. The number of fused-ring (bicyclic) bond motifs is 1. The summed E-state index contributed by atoms with van der Waals surface area (Å²) in [6, 6.07) is 15.8. The monoisotopic (exact) mass is 542 g/mol. The maximum Gasteiger partial charge on any atom is 0.338 e. The minimum absolute atomic E-state index is 0.233. The van der Waals surface area contributed by atoms with Gasteiger partial charge in [0.2, 0.25) is 0 Å². The van der Waals surface area contributed by atoms with Crippen molar-refractivity contribution in [1.82, 2.24) is 15.0 Å². The second-order valence-corrected chi connectivity index (χ2v) is 9.94. The van der Waals surface area contributed by atoms with Crippen LogP contribution in [0.2, 0.25) is 0 Å². The molecule has 0 aliphatic rings. The number of esters is 1. The summed E-state index contributed by atoms with van der Waals surface area (Å²) in [6.07, 6.45) is 2.06. The van der Waals surface area contributed by atoms with Gasteiger partial charge in [-0.1, -0.05) is 6.07 Å². The first-order valence-corrected chi connectivity index (χ1v) is 13.2. The van der Waals surface area contributed by atoms with E-state index >= 15 is 0 Å². The molecule has 188 valence electrons. The van der Waals surface area contributed by atoms with Crippen molar-refractivity contribution >= 4 is 50.7 Å². The molecular formula is C27H18N4O5S2. The van der Waals surface area contributed by atoms with Crippen molar-refractivity contribution < 1.29 is 23.2 Å². The summed E-state index contributed by atoms with van der Waals surface area (Å²) >= 11 is 2.87. The molecule has 0 saturated heterocycles. The van der Waals surface area contributed by atoms with Gasteiger partial charge in [0.1, 0.15) is 11.4 Å². The Morgan fingerprint density at radius 1 is 0.895 bits per heavy atom. The molecule has 1 amide bonds. The Morgan fingerprint density at radius 2 is 1.63 bits per heavy atom. The summed E-state index contributed by atoms with van der Waals surface area (Å²) in [5, 5.41) is 6.96. The Morgan fingerprint density at radius 3 is 2.29 bits per heavy atom. The first kappa shape index (κ1) is 23.8. The molecular weight excluding hydrogens is 524 g/mol. The van der Waals surface area contributed by atoms with Gasteiger partial charge in [-0.05, 0) is 60.8 Å². The zero-order valence-corrected chi connectivity index (χ0v) is 21.4. The molecule has 0 saturated carbocycles. The quantitative estimate of drug-likeness (QED) is 0.226. The normalized spacial score (nSPS) is 11.9. The lowest BCUT2D eigenvalue weighted by Gasteiger charge is -2.13. The van der Waals surface area contributed by atoms with Crippen LogP contribution in [-0.2, 0) is 9.53 Å². The Labute approximate surface area is 223 Å². The van der Waals surface area contributed by atoms with E-state index < -0.39 is 18.0 Å². The molecule has 0 aliphatic carbocycles. The van der Waals surface area contributed by atoms with E-state index in [1.54, 1.807) is 66.3 Å². The highest BCUT2D eigenvalue weighted by atomic mass is 32.1. The number of nitrogens with zero attached hydrogens (tertiary/aromatic N) is 3. The van der Waals surface area contributed by atoms with Crippen LogP contribution in [0.5, 0.6) is 0 Å². The number of thiophene rings is 1. The lowest BCUT2D eigenvalue weighted by Crippen LogP contribution is -2.30. The van der Waals surface area contributed by atoms with Gasteiger partial charge in [-0.2, -0.15) is 0 Å². The van der Waals surface area contributed by atoms with E-state index in [9.17, 15) is 9.59 Å². The van der Waals surface area contributed by atoms with Gasteiger partial charge < -0.3 is 13.6 Å². The van der Waals surface area contributed by atoms with E-state index in [1.807, 2.05) is 22.9 Å². The van der Waals surface area contributed by atoms with Crippen molar-refractivity contribution in [1.29, 1.82) is 0 Å². The van der Waals surface area contributed by atoms with Crippen LogP contribution in [0.3, 0.4) is 0 Å². The van der Waals surface area contributed by atoms with Crippen molar-refractivity contribution in [3.63, 3.8) is 0 Å². The fraction of sp³-hybridized carbons (Fsp3) is 0.0741. The molecule has 6 rings (SSSR count). The number of aromatic nitrogens is 3. The highest BCUT2D eigenvalue weighted by Gasteiger charge is 2.22. The number of thiazole rings is 1. The molecule has 0 radical (unpaired) electrons. The fourth-order valence-electron chi connectivity index (χ4n) is 3.71. The van der Waals surface area contributed by atoms with Crippen LogP contribution in [-0.4, -0.2) is 32.9 Å². The van der Waals surface area contributed by atoms with E-state index in [2.05, 4.69) is 10.3 Å². The van der Waals surface area contributed by atoms with Crippen LogP contribution in [0, 0.1) is 0 Å². The van der Waals surface area contributed by atoms with Crippen molar-refractivity contribution in [3.8, 4) is 33.5 Å². The molecule has 0 aliphatic heterocycles. The number of carbonyl (C=O) groups is 2. The summed E-state index contributed by atoms with van der Waals surface area (Å²) in [7, 11) is 0. The van der Waals surface area contributed by atoms with Gasteiger partial charge in [0.05, 0.1) is 39.7 Å². The number of furan rings is 2. The van der Waals surface area contributed by atoms with Gasteiger partial charge in [-0.15, -0.1) is 22.7 Å². The highest BCUT2D eigenvalue weighted by molar-refractivity contribution is 7.16. The molecule has 11 heteroatoms. The average molecular weight is 543 g/mol. The Hall–Kier alpha value is -4.61. The summed E-state index contributed by atoms with van der Waals surface area (Å²) in [5.41, 5.74) is 3.02. The smallest absolute Gasteiger partial charge is 0.338 e. The van der Waals surface area contributed by atoms with Gasteiger partial charge in [0, 0.05) is 5.38 Å². The third-order valence-corrected chi connectivity index (χ3v) is 7.22. The molecule has 5 heterocycles.